The summed E-state index contributed by atoms with van der Waals surface area (Å²) in [6.07, 6.45) is 5.64. The molecule has 2 atom stereocenters. The van der Waals surface area contributed by atoms with Gasteiger partial charge in [-0.15, -0.1) is 10.2 Å². The Balaban J connectivity index is 1.91. The van der Waals surface area contributed by atoms with Gasteiger partial charge in [0.1, 0.15) is 11.7 Å². The van der Waals surface area contributed by atoms with Gasteiger partial charge in [-0.1, -0.05) is 12.7 Å². The van der Waals surface area contributed by atoms with Gasteiger partial charge in [0.15, 0.2) is 0 Å². The van der Waals surface area contributed by atoms with Gasteiger partial charge in [-0.25, -0.2) is 4.68 Å². The summed E-state index contributed by atoms with van der Waals surface area (Å²) in [6, 6.07) is 1.79. The van der Waals surface area contributed by atoms with Crippen molar-refractivity contribution in [2.45, 2.75) is 53.3 Å². The van der Waals surface area contributed by atoms with E-state index in [2.05, 4.69) is 16.6 Å². The number of fused-ring (bicyclic) bond motifs is 5. The number of aliphatic hydroxyl groups excluding tert-OH is 1. The van der Waals surface area contributed by atoms with Gasteiger partial charge in [-0.3, -0.25) is 14.6 Å². The average Bonchev–Trinajstić information content (AvgIpc) is 3.38. The van der Waals surface area contributed by atoms with Crippen molar-refractivity contribution < 1.29 is 19.3 Å². The normalized spacial score (nSPS) is 17.8. The van der Waals surface area contributed by atoms with Crippen LogP contribution < -0.4 is 14.2 Å². The van der Waals surface area contributed by atoms with Crippen LogP contribution in [-0.4, -0.2) is 74.1 Å². The summed E-state index contributed by atoms with van der Waals surface area (Å²) in [5, 5.41) is 19.3. The standard InChI is InChI=1S/C29H40N6O4/c1-9-37-27-22-12-11-18(3)23-13-24(30-14-19(23)4)26-28(38-10-2)31-34(8)29(26)39-21(6)15-33(7)16-25(22)35(32-27)20(5)17-36/h11-14,20-21,36H,3,9-10,15-17H2,1-2,4-8H3/b12-11+. The molecule has 0 spiro atoms. The fourth-order valence-corrected chi connectivity index (χ4v) is 4.81. The van der Waals surface area contributed by atoms with Gasteiger partial charge in [0.2, 0.25) is 17.6 Å². The number of rotatable bonds is 6. The third kappa shape index (κ3) is 5.86. The number of likely N-dealkylation sites (N-methyl/N-ethyl adjacent to an activating group) is 1. The van der Waals surface area contributed by atoms with Crippen LogP contribution in [0.3, 0.4) is 0 Å². The molecule has 0 saturated heterocycles. The minimum absolute atomic E-state index is 0.0379. The number of ether oxygens (including phenoxy) is 3. The fraction of sp³-hybridized carbons (Fsp3) is 0.483. The first-order valence-electron chi connectivity index (χ1n) is 13.4. The number of aryl methyl sites for hydroxylation is 2. The molecule has 2 bridgehead atoms. The highest BCUT2D eigenvalue weighted by Gasteiger charge is 2.26. The van der Waals surface area contributed by atoms with Crippen LogP contribution in [0.2, 0.25) is 0 Å². The third-order valence-electron chi connectivity index (χ3n) is 6.68. The van der Waals surface area contributed by atoms with Crippen LogP contribution in [0.5, 0.6) is 17.6 Å². The number of hydrogen-bond donors (Lipinski definition) is 1. The molecule has 10 nitrogen and oxygen atoms in total. The molecule has 1 N–H and O–H groups in total. The predicted octanol–water partition coefficient (Wildman–Crippen LogP) is 4.28. The lowest BCUT2D eigenvalue weighted by atomic mass is 10.00. The van der Waals surface area contributed by atoms with E-state index in [9.17, 15) is 5.11 Å². The van der Waals surface area contributed by atoms with E-state index in [1.165, 1.54) is 0 Å². The molecule has 10 heteroatoms. The van der Waals surface area contributed by atoms with E-state index in [1.807, 2.05) is 77.8 Å². The van der Waals surface area contributed by atoms with E-state index < -0.39 is 0 Å². The van der Waals surface area contributed by atoms with E-state index in [0.29, 0.717) is 49.6 Å². The lowest BCUT2D eigenvalue weighted by Gasteiger charge is -2.24. The van der Waals surface area contributed by atoms with Gasteiger partial charge in [0.05, 0.1) is 42.8 Å². The summed E-state index contributed by atoms with van der Waals surface area (Å²) in [4.78, 5) is 6.90. The van der Waals surface area contributed by atoms with Gasteiger partial charge in [-0.05, 0) is 70.5 Å². The lowest BCUT2D eigenvalue weighted by molar-refractivity contribution is 0.145. The Morgan fingerprint density at radius 3 is 2.56 bits per heavy atom. The Bertz CT molecular complexity index is 1360. The number of aliphatic hydroxyl groups is 1. The first-order valence-corrected chi connectivity index (χ1v) is 13.4. The van der Waals surface area contributed by atoms with Crippen LogP contribution in [0.25, 0.3) is 22.9 Å². The smallest absolute Gasteiger partial charge is 0.246 e. The molecule has 0 radical (unpaired) electrons. The minimum atomic E-state index is -0.215. The number of nitrogens with zero attached hydrogens (tertiary/aromatic N) is 6. The molecular weight excluding hydrogens is 496 g/mol. The molecule has 39 heavy (non-hydrogen) atoms. The number of aromatic nitrogens is 5. The maximum Gasteiger partial charge on any atom is 0.246 e. The van der Waals surface area contributed by atoms with Crippen LogP contribution in [0.4, 0.5) is 0 Å². The molecule has 210 valence electrons. The first kappa shape index (κ1) is 28.4. The number of hydrogen-bond acceptors (Lipinski definition) is 8. The van der Waals surface area contributed by atoms with Crippen LogP contribution >= 0.6 is 0 Å². The van der Waals surface area contributed by atoms with Crippen molar-refractivity contribution in [2.24, 2.45) is 7.05 Å². The second-order valence-electron chi connectivity index (χ2n) is 9.98. The van der Waals surface area contributed by atoms with Crippen molar-refractivity contribution in [1.29, 1.82) is 0 Å². The summed E-state index contributed by atoms with van der Waals surface area (Å²) >= 11 is 0. The second kappa shape index (κ2) is 12.0. The Hall–Kier alpha value is -3.63. The van der Waals surface area contributed by atoms with E-state index >= 15 is 0 Å². The van der Waals surface area contributed by atoms with Gasteiger partial charge >= 0.3 is 0 Å². The molecule has 3 aromatic heterocycles. The Labute approximate surface area is 230 Å². The molecule has 3 aromatic rings. The fourth-order valence-electron chi connectivity index (χ4n) is 4.81. The Morgan fingerprint density at radius 1 is 1.15 bits per heavy atom. The van der Waals surface area contributed by atoms with Crippen LogP contribution in [0.1, 0.15) is 56.1 Å². The second-order valence-corrected chi connectivity index (χ2v) is 9.98. The molecule has 1 aliphatic heterocycles. The molecule has 4 rings (SSSR count). The van der Waals surface area contributed by atoms with Crippen molar-refractivity contribution in [1.82, 2.24) is 29.4 Å². The Kier molecular flexibility index (Phi) is 8.76. The molecule has 0 aliphatic carbocycles. The van der Waals surface area contributed by atoms with Gasteiger partial charge in [0.25, 0.3) is 0 Å². The average molecular weight is 537 g/mol. The highest BCUT2D eigenvalue weighted by molar-refractivity contribution is 5.82. The van der Waals surface area contributed by atoms with Gasteiger partial charge in [-0.2, -0.15) is 0 Å². The minimum Gasteiger partial charge on any atom is -0.476 e. The third-order valence-corrected chi connectivity index (χ3v) is 6.68. The molecule has 0 amide bonds. The monoisotopic (exact) mass is 536 g/mol. The zero-order valence-electron chi connectivity index (χ0n) is 24.1. The van der Waals surface area contributed by atoms with Crippen LogP contribution in [0.15, 0.2) is 24.9 Å². The first-order chi connectivity index (χ1) is 18.7. The van der Waals surface area contributed by atoms with E-state index in [-0.39, 0.29) is 18.8 Å². The predicted molar refractivity (Wildman–Crippen MR) is 152 cm³/mol. The van der Waals surface area contributed by atoms with Crippen molar-refractivity contribution in [3.05, 3.63) is 47.3 Å². The zero-order valence-corrected chi connectivity index (χ0v) is 24.1. The van der Waals surface area contributed by atoms with Crippen molar-refractivity contribution in [3.8, 4) is 28.9 Å². The van der Waals surface area contributed by atoms with E-state index in [0.717, 1.165) is 33.5 Å². The van der Waals surface area contributed by atoms with Crippen LogP contribution in [-0.2, 0) is 13.6 Å². The quantitative estimate of drug-likeness (QED) is 0.499. The summed E-state index contributed by atoms with van der Waals surface area (Å²) in [5.74, 6) is 1.61. The summed E-state index contributed by atoms with van der Waals surface area (Å²) in [6.45, 7) is 16.3. The van der Waals surface area contributed by atoms with Crippen molar-refractivity contribution in [2.75, 3.05) is 33.4 Å². The largest absolute Gasteiger partial charge is 0.476 e. The summed E-state index contributed by atoms with van der Waals surface area (Å²) in [5.41, 5.74) is 5.98. The van der Waals surface area contributed by atoms with Crippen molar-refractivity contribution in [3.63, 3.8) is 0 Å². The summed E-state index contributed by atoms with van der Waals surface area (Å²) < 4.78 is 21.9. The van der Waals surface area contributed by atoms with Gasteiger partial charge in [0, 0.05) is 26.3 Å². The maximum atomic E-state index is 9.96. The SMILES string of the molecule is C=C1/C=C/c2c(OCC)nn(C(C)CO)c2CN(C)CC(C)Oc2c(c(OCC)nn2C)-c2cc1c(C)cn2. The molecule has 1 aliphatic rings. The van der Waals surface area contributed by atoms with E-state index in [1.54, 1.807) is 4.68 Å². The molecule has 0 saturated carbocycles. The maximum absolute atomic E-state index is 9.96. The van der Waals surface area contributed by atoms with Gasteiger partial charge < -0.3 is 19.3 Å². The number of pyridine rings is 1. The molecule has 0 aromatic carbocycles. The Morgan fingerprint density at radius 2 is 1.87 bits per heavy atom. The molecule has 0 fully saturated rings. The lowest BCUT2D eigenvalue weighted by Crippen LogP contribution is -2.32. The zero-order chi connectivity index (χ0) is 28.3. The summed E-state index contributed by atoms with van der Waals surface area (Å²) in [7, 11) is 3.88. The van der Waals surface area contributed by atoms with Crippen LogP contribution in [0, 0.1) is 6.92 Å². The highest BCUT2D eigenvalue weighted by atomic mass is 16.5. The number of allylic oxidation sites excluding steroid dienone is 2. The van der Waals surface area contributed by atoms with E-state index in [4.69, 9.17) is 24.3 Å². The highest BCUT2D eigenvalue weighted by Crippen LogP contribution is 2.39. The van der Waals surface area contributed by atoms with Crippen molar-refractivity contribution >= 4 is 11.6 Å². The topological polar surface area (TPSA) is 99.7 Å². The molecule has 4 heterocycles. The molecule has 2 unspecified atom stereocenters. The molecular formula is C29H40N6O4.